The van der Waals surface area contributed by atoms with Crippen molar-refractivity contribution in [2.24, 2.45) is 0 Å². The fourth-order valence-electron chi connectivity index (χ4n) is 2.77. The highest BCUT2D eigenvalue weighted by molar-refractivity contribution is 6.06. The highest BCUT2D eigenvalue weighted by Gasteiger charge is 2.20. The lowest BCUT2D eigenvalue weighted by Crippen LogP contribution is -2.16. The SMILES string of the molecule is CCOC(=O)c1ccn(-c2cccc(NC(=O)c3cccc(OC)c3OC(F)F)c2)n1. The molecule has 0 bridgehead atoms. The number of esters is 1. The second-order valence-electron chi connectivity index (χ2n) is 6.09. The highest BCUT2D eigenvalue weighted by Crippen LogP contribution is 2.33. The van der Waals surface area contributed by atoms with Crippen LogP contribution in [-0.2, 0) is 4.74 Å². The minimum absolute atomic E-state index is 0.00439. The minimum Gasteiger partial charge on any atom is -0.493 e. The predicted octanol–water partition coefficient (Wildman–Crippen LogP) is 3.91. The van der Waals surface area contributed by atoms with E-state index in [1.807, 2.05) is 0 Å². The summed E-state index contributed by atoms with van der Waals surface area (Å²) in [5, 5.41) is 6.79. The van der Waals surface area contributed by atoms with Crippen LogP contribution in [0.3, 0.4) is 0 Å². The Labute approximate surface area is 176 Å². The van der Waals surface area contributed by atoms with E-state index >= 15 is 0 Å². The zero-order valence-corrected chi connectivity index (χ0v) is 16.7. The van der Waals surface area contributed by atoms with Crippen LogP contribution in [0.5, 0.6) is 11.5 Å². The molecule has 0 aliphatic rings. The molecule has 0 unspecified atom stereocenters. The monoisotopic (exact) mass is 431 g/mol. The molecule has 10 heteroatoms. The number of methoxy groups -OCH3 is 1. The molecule has 0 saturated carbocycles. The van der Waals surface area contributed by atoms with Gasteiger partial charge in [-0.05, 0) is 43.3 Å². The van der Waals surface area contributed by atoms with Crippen molar-refractivity contribution in [3.8, 4) is 17.2 Å². The Balaban J connectivity index is 1.83. The number of ether oxygens (including phenoxy) is 3. The van der Waals surface area contributed by atoms with Crippen LogP contribution in [0.4, 0.5) is 14.5 Å². The van der Waals surface area contributed by atoms with Crippen molar-refractivity contribution in [2.45, 2.75) is 13.5 Å². The standard InChI is InChI=1S/C21H19F2N3O5/c1-3-30-20(28)16-10-11-26(25-16)14-7-4-6-13(12-14)24-19(27)15-8-5-9-17(29-2)18(15)31-21(22)23/h4-12,21H,3H2,1-2H3,(H,24,27). The molecule has 0 spiro atoms. The van der Waals surface area contributed by atoms with Gasteiger partial charge in [0.2, 0.25) is 0 Å². The van der Waals surface area contributed by atoms with E-state index in [1.54, 1.807) is 37.4 Å². The van der Waals surface area contributed by atoms with Gasteiger partial charge in [0.25, 0.3) is 5.91 Å². The number of carbonyl (C=O) groups is 2. The number of alkyl halides is 2. The van der Waals surface area contributed by atoms with Crippen LogP contribution >= 0.6 is 0 Å². The second-order valence-corrected chi connectivity index (χ2v) is 6.09. The first-order valence-electron chi connectivity index (χ1n) is 9.19. The van der Waals surface area contributed by atoms with Gasteiger partial charge in [0.05, 0.1) is 25.0 Å². The molecule has 0 aliphatic heterocycles. The Morgan fingerprint density at radius 2 is 1.94 bits per heavy atom. The summed E-state index contributed by atoms with van der Waals surface area (Å²) in [6.07, 6.45) is 1.57. The Morgan fingerprint density at radius 1 is 1.16 bits per heavy atom. The fourth-order valence-corrected chi connectivity index (χ4v) is 2.77. The number of nitrogens with one attached hydrogen (secondary N) is 1. The van der Waals surface area contributed by atoms with Crippen molar-refractivity contribution in [3.63, 3.8) is 0 Å². The third-order valence-electron chi connectivity index (χ3n) is 4.09. The molecule has 8 nitrogen and oxygen atoms in total. The Kier molecular flexibility index (Phi) is 6.81. The number of amides is 1. The van der Waals surface area contributed by atoms with E-state index in [2.05, 4.69) is 15.2 Å². The summed E-state index contributed by atoms with van der Waals surface area (Å²) in [6.45, 7) is -1.20. The summed E-state index contributed by atoms with van der Waals surface area (Å²) in [5.74, 6) is -1.57. The van der Waals surface area contributed by atoms with Crippen LogP contribution in [0.25, 0.3) is 5.69 Å². The lowest BCUT2D eigenvalue weighted by atomic mass is 10.1. The smallest absolute Gasteiger partial charge is 0.387 e. The molecular weight excluding hydrogens is 412 g/mol. The average Bonchev–Trinajstić information content (AvgIpc) is 3.24. The molecule has 31 heavy (non-hydrogen) atoms. The van der Waals surface area contributed by atoms with Gasteiger partial charge < -0.3 is 19.5 Å². The number of nitrogens with zero attached hydrogens (tertiary/aromatic N) is 2. The van der Waals surface area contributed by atoms with Gasteiger partial charge in [0.15, 0.2) is 17.2 Å². The quantitative estimate of drug-likeness (QED) is 0.544. The van der Waals surface area contributed by atoms with Crippen LogP contribution in [0, 0.1) is 0 Å². The van der Waals surface area contributed by atoms with E-state index in [0.717, 1.165) is 0 Å². The van der Waals surface area contributed by atoms with Crippen LogP contribution in [-0.4, -0.2) is 42.0 Å². The summed E-state index contributed by atoms with van der Waals surface area (Å²) in [6, 6.07) is 12.4. The van der Waals surface area contributed by atoms with Gasteiger partial charge in [-0.1, -0.05) is 12.1 Å². The van der Waals surface area contributed by atoms with Crippen LogP contribution < -0.4 is 14.8 Å². The number of carbonyl (C=O) groups excluding carboxylic acids is 2. The van der Waals surface area contributed by atoms with E-state index < -0.39 is 18.5 Å². The van der Waals surface area contributed by atoms with Crippen LogP contribution in [0.2, 0.25) is 0 Å². The van der Waals surface area contributed by atoms with E-state index in [1.165, 1.54) is 36.1 Å². The summed E-state index contributed by atoms with van der Waals surface area (Å²) >= 11 is 0. The first-order valence-corrected chi connectivity index (χ1v) is 9.19. The third kappa shape index (κ3) is 5.16. The lowest BCUT2D eigenvalue weighted by Gasteiger charge is -2.14. The number of aromatic nitrogens is 2. The van der Waals surface area contributed by atoms with Crippen LogP contribution in [0.15, 0.2) is 54.7 Å². The van der Waals surface area contributed by atoms with Gasteiger partial charge in [-0.25, -0.2) is 9.48 Å². The Bertz CT molecular complexity index is 1080. The number of hydrogen-bond acceptors (Lipinski definition) is 6. The molecule has 1 N–H and O–H groups in total. The summed E-state index contributed by atoms with van der Waals surface area (Å²) in [4.78, 5) is 24.5. The molecule has 2 aromatic carbocycles. The third-order valence-corrected chi connectivity index (χ3v) is 4.09. The molecule has 162 valence electrons. The molecule has 0 radical (unpaired) electrons. The molecule has 3 rings (SSSR count). The largest absolute Gasteiger partial charge is 0.493 e. The first kappa shape index (κ1) is 21.8. The number of para-hydroxylation sites is 1. The molecule has 3 aromatic rings. The zero-order chi connectivity index (χ0) is 22.4. The molecule has 1 heterocycles. The first-order chi connectivity index (χ1) is 14.9. The zero-order valence-electron chi connectivity index (χ0n) is 16.7. The normalized spacial score (nSPS) is 10.6. The van der Waals surface area contributed by atoms with Gasteiger partial charge in [-0.3, -0.25) is 4.79 Å². The lowest BCUT2D eigenvalue weighted by molar-refractivity contribution is -0.0515. The predicted molar refractivity (Wildman–Crippen MR) is 107 cm³/mol. The number of halogens is 2. The second kappa shape index (κ2) is 9.70. The maximum atomic E-state index is 12.8. The molecule has 0 saturated heterocycles. The van der Waals surface area contributed by atoms with Crippen molar-refractivity contribution in [2.75, 3.05) is 19.0 Å². The number of hydrogen-bond donors (Lipinski definition) is 1. The number of rotatable bonds is 8. The molecule has 0 aliphatic carbocycles. The molecule has 0 atom stereocenters. The van der Waals surface area contributed by atoms with Crippen LogP contribution in [0.1, 0.15) is 27.8 Å². The average molecular weight is 431 g/mol. The van der Waals surface area contributed by atoms with Gasteiger partial charge in [-0.15, -0.1) is 0 Å². The van der Waals surface area contributed by atoms with E-state index in [0.29, 0.717) is 11.4 Å². The van der Waals surface area contributed by atoms with E-state index in [-0.39, 0.29) is 29.4 Å². The Morgan fingerprint density at radius 3 is 2.65 bits per heavy atom. The van der Waals surface area contributed by atoms with Crippen molar-refractivity contribution in [3.05, 3.63) is 66.0 Å². The molecular formula is C21H19F2N3O5. The fraction of sp³-hybridized carbons (Fsp3) is 0.190. The molecule has 0 fully saturated rings. The maximum Gasteiger partial charge on any atom is 0.387 e. The van der Waals surface area contributed by atoms with Crippen molar-refractivity contribution in [1.29, 1.82) is 0 Å². The summed E-state index contributed by atoms with van der Waals surface area (Å²) in [5.41, 5.74) is 0.958. The van der Waals surface area contributed by atoms with Gasteiger partial charge in [0, 0.05) is 11.9 Å². The molecule has 1 aromatic heterocycles. The van der Waals surface area contributed by atoms with Crippen molar-refractivity contribution < 1.29 is 32.6 Å². The van der Waals surface area contributed by atoms with Gasteiger partial charge in [0.1, 0.15) is 0 Å². The Hall–Kier alpha value is -3.95. The van der Waals surface area contributed by atoms with Crippen molar-refractivity contribution in [1.82, 2.24) is 9.78 Å². The highest BCUT2D eigenvalue weighted by atomic mass is 19.3. The van der Waals surface area contributed by atoms with E-state index in [9.17, 15) is 18.4 Å². The maximum absolute atomic E-state index is 12.8. The summed E-state index contributed by atoms with van der Waals surface area (Å²) < 4.78 is 41.5. The number of anilines is 1. The van der Waals surface area contributed by atoms with Gasteiger partial charge >= 0.3 is 12.6 Å². The van der Waals surface area contributed by atoms with Gasteiger partial charge in [-0.2, -0.15) is 13.9 Å². The number of benzene rings is 2. The topological polar surface area (TPSA) is 91.7 Å². The minimum atomic E-state index is -3.13. The van der Waals surface area contributed by atoms with E-state index in [4.69, 9.17) is 9.47 Å². The molecule has 1 amide bonds. The van der Waals surface area contributed by atoms with Crippen molar-refractivity contribution >= 4 is 17.6 Å². The summed E-state index contributed by atoms with van der Waals surface area (Å²) in [7, 11) is 1.29.